The first-order valence-electron chi connectivity index (χ1n) is 9.33. The molecular weight excluding hydrogens is 342 g/mol. The molecule has 3 rings (SSSR count). The molecule has 1 fully saturated rings. The van der Waals surface area contributed by atoms with Crippen molar-refractivity contribution in [3.63, 3.8) is 0 Å². The van der Waals surface area contributed by atoms with Crippen molar-refractivity contribution in [1.29, 1.82) is 0 Å². The fraction of sp³-hybridized carbons (Fsp3) is 0.381. The molecule has 1 heterocycles. The summed E-state index contributed by atoms with van der Waals surface area (Å²) in [6.07, 6.45) is 0. The van der Waals surface area contributed by atoms with Crippen molar-refractivity contribution in [2.75, 3.05) is 44.8 Å². The van der Waals surface area contributed by atoms with Crippen molar-refractivity contribution in [3.05, 3.63) is 54.1 Å². The molecule has 0 radical (unpaired) electrons. The average molecular weight is 369 g/mol. The van der Waals surface area contributed by atoms with Crippen molar-refractivity contribution in [3.8, 4) is 11.5 Å². The molecule has 27 heavy (non-hydrogen) atoms. The number of carbonyl (C=O) groups is 1. The fourth-order valence-electron chi connectivity index (χ4n) is 3.20. The van der Waals surface area contributed by atoms with Gasteiger partial charge in [-0.05, 0) is 36.8 Å². The smallest absolute Gasteiger partial charge is 0.317 e. The van der Waals surface area contributed by atoms with Crippen LogP contribution in [0.2, 0.25) is 0 Å². The summed E-state index contributed by atoms with van der Waals surface area (Å²) in [6, 6.07) is 15.8. The number of hydrogen-bond acceptors (Lipinski definition) is 4. The second-order valence-electron chi connectivity index (χ2n) is 6.38. The summed E-state index contributed by atoms with van der Waals surface area (Å²) in [5.41, 5.74) is 2.13. The number of amides is 2. The van der Waals surface area contributed by atoms with Crippen LogP contribution in [0.1, 0.15) is 12.5 Å². The summed E-state index contributed by atoms with van der Waals surface area (Å²) >= 11 is 0. The lowest BCUT2D eigenvalue weighted by molar-refractivity contribution is 0.194. The third-order valence-electron chi connectivity index (χ3n) is 4.67. The number of carbonyl (C=O) groups excluding carboxylic acids is 1. The first-order valence-corrected chi connectivity index (χ1v) is 9.33. The predicted molar refractivity (Wildman–Crippen MR) is 107 cm³/mol. The molecule has 2 aromatic carbocycles. The van der Waals surface area contributed by atoms with Gasteiger partial charge in [-0.2, -0.15) is 0 Å². The molecule has 0 spiro atoms. The Kier molecular flexibility index (Phi) is 6.41. The van der Waals surface area contributed by atoms with Gasteiger partial charge in [-0.1, -0.05) is 24.3 Å². The van der Waals surface area contributed by atoms with Crippen molar-refractivity contribution in [2.45, 2.75) is 13.5 Å². The molecule has 0 atom stereocenters. The van der Waals surface area contributed by atoms with Crippen LogP contribution in [0, 0.1) is 0 Å². The molecule has 2 aromatic rings. The van der Waals surface area contributed by atoms with Crippen LogP contribution < -0.4 is 19.7 Å². The Balaban J connectivity index is 1.48. The lowest BCUT2D eigenvalue weighted by Crippen LogP contribution is -2.51. The van der Waals surface area contributed by atoms with E-state index in [1.54, 1.807) is 7.11 Å². The van der Waals surface area contributed by atoms with Gasteiger partial charge in [0.2, 0.25) is 0 Å². The van der Waals surface area contributed by atoms with Crippen LogP contribution in [0.5, 0.6) is 11.5 Å². The van der Waals surface area contributed by atoms with Gasteiger partial charge in [0.25, 0.3) is 0 Å². The van der Waals surface area contributed by atoms with E-state index in [1.807, 2.05) is 54.3 Å². The number of piperazine rings is 1. The number of nitrogens with zero attached hydrogens (tertiary/aromatic N) is 2. The van der Waals surface area contributed by atoms with E-state index in [9.17, 15) is 4.79 Å². The number of anilines is 1. The average Bonchev–Trinajstić information content (AvgIpc) is 2.73. The van der Waals surface area contributed by atoms with Crippen LogP contribution in [0.3, 0.4) is 0 Å². The minimum Gasteiger partial charge on any atom is -0.495 e. The van der Waals surface area contributed by atoms with Crippen LogP contribution in [0.4, 0.5) is 10.5 Å². The van der Waals surface area contributed by atoms with Crippen molar-refractivity contribution < 1.29 is 14.3 Å². The maximum atomic E-state index is 12.5. The van der Waals surface area contributed by atoms with E-state index < -0.39 is 0 Å². The summed E-state index contributed by atoms with van der Waals surface area (Å²) in [6.45, 7) is 6.07. The zero-order chi connectivity index (χ0) is 19.1. The van der Waals surface area contributed by atoms with Crippen molar-refractivity contribution >= 4 is 11.7 Å². The molecule has 1 saturated heterocycles. The third kappa shape index (κ3) is 4.84. The fourth-order valence-corrected chi connectivity index (χ4v) is 3.20. The minimum atomic E-state index is -0.0245. The number of nitrogens with one attached hydrogen (secondary N) is 1. The van der Waals surface area contributed by atoms with E-state index in [1.165, 1.54) is 0 Å². The molecule has 1 aliphatic rings. The van der Waals surface area contributed by atoms with Gasteiger partial charge in [0.1, 0.15) is 11.5 Å². The Morgan fingerprint density at radius 2 is 1.74 bits per heavy atom. The monoisotopic (exact) mass is 369 g/mol. The molecule has 2 amide bonds. The molecular formula is C21H27N3O3. The molecule has 0 aliphatic carbocycles. The van der Waals surface area contributed by atoms with Gasteiger partial charge < -0.3 is 24.6 Å². The lowest BCUT2D eigenvalue weighted by Gasteiger charge is -2.36. The van der Waals surface area contributed by atoms with Crippen LogP contribution in [0.15, 0.2) is 48.5 Å². The standard InChI is InChI=1S/C21H27N3O3/c1-3-27-18-10-8-17(9-11-18)16-22-21(25)24-14-12-23(13-15-24)19-6-4-5-7-20(19)26-2/h4-11H,3,12-16H2,1-2H3,(H,22,25). The molecule has 0 saturated carbocycles. The summed E-state index contributed by atoms with van der Waals surface area (Å²) in [7, 11) is 1.68. The first-order chi connectivity index (χ1) is 13.2. The molecule has 6 nitrogen and oxygen atoms in total. The van der Waals surface area contributed by atoms with Crippen LogP contribution >= 0.6 is 0 Å². The van der Waals surface area contributed by atoms with Crippen LogP contribution in [-0.2, 0) is 6.54 Å². The highest BCUT2D eigenvalue weighted by Gasteiger charge is 2.22. The van der Waals surface area contributed by atoms with E-state index in [4.69, 9.17) is 9.47 Å². The van der Waals surface area contributed by atoms with Gasteiger partial charge in [0.05, 0.1) is 19.4 Å². The zero-order valence-electron chi connectivity index (χ0n) is 16.0. The van der Waals surface area contributed by atoms with E-state index in [0.717, 1.165) is 35.8 Å². The van der Waals surface area contributed by atoms with E-state index in [0.29, 0.717) is 26.2 Å². The van der Waals surface area contributed by atoms with Crippen LogP contribution in [0.25, 0.3) is 0 Å². The number of para-hydroxylation sites is 2. The van der Waals surface area contributed by atoms with Gasteiger partial charge in [-0.3, -0.25) is 0 Å². The Labute approximate surface area is 160 Å². The number of ether oxygens (including phenoxy) is 2. The van der Waals surface area contributed by atoms with E-state index in [-0.39, 0.29) is 6.03 Å². The number of methoxy groups -OCH3 is 1. The van der Waals surface area contributed by atoms with Gasteiger partial charge >= 0.3 is 6.03 Å². The lowest BCUT2D eigenvalue weighted by atomic mass is 10.2. The molecule has 1 N–H and O–H groups in total. The highest BCUT2D eigenvalue weighted by Crippen LogP contribution is 2.28. The largest absolute Gasteiger partial charge is 0.495 e. The normalized spacial score (nSPS) is 14.0. The summed E-state index contributed by atoms with van der Waals surface area (Å²) in [5.74, 6) is 1.71. The van der Waals surface area contributed by atoms with Crippen molar-refractivity contribution in [1.82, 2.24) is 10.2 Å². The van der Waals surface area contributed by atoms with Gasteiger partial charge in [0.15, 0.2) is 0 Å². The maximum Gasteiger partial charge on any atom is 0.317 e. The summed E-state index contributed by atoms with van der Waals surface area (Å²) in [5, 5.41) is 3.00. The number of urea groups is 1. The Morgan fingerprint density at radius 3 is 2.41 bits per heavy atom. The van der Waals surface area contributed by atoms with E-state index in [2.05, 4.69) is 16.3 Å². The van der Waals surface area contributed by atoms with Gasteiger partial charge in [-0.25, -0.2) is 4.79 Å². The van der Waals surface area contributed by atoms with Crippen LogP contribution in [-0.4, -0.2) is 50.8 Å². The second kappa shape index (κ2) is 9.16. The Morgan fingerprint density at radius 1 is 1.04 bits per heavy atom. The minimum absolute atomic E-state index is 0.0245. The van der Waals surface area contributed by atoms with Gasteiger partial charge in [-0.15, -0.1) is 0 Å². The van der Waals surface area contributed by atoms with Crippen molar-refractivity contribution in [2.24, 2.45) is 0 Å². The maximum absolute atomic E-state index is 12.5. The summed E-state index contributed by atoms with van der Waals surface area (Å²) in [4.78, 5) is 16.6. The molecule has 6 heteroatoms. The van der Waals surface area contributed by atoms with E-state index >= 15 is 0 Å². The number of rotatable bonds is 6. The molecule has 0 aromatic heterocycles. The highest BCUT2D eigenvalue weighted by molar-refractivity contribution is 5.74. The molecule has 0 bridgehead atoms. The number of benzene rings is 2. The predicted octanol–water partition coefficient (Wildman–Crippen LogP) is 3.13. The number of hydrogen-bond donors (Lipinski definition) is 1. The topological polar surface area (TPSA) is 54.0 Å². The SMILES string of the molecule is CCOc1ccc(CNC(=O)N2CCN(c3ccccc3OC)CC2)cc1. The highest BCUT2D eigenvalue weighted by atomic mass is 16.5. The summed E-state index contributed by atoms with van der Waals surface area (Å²) < 4.78 is 10.9. The quantitative estimate of drug-likeness (QED) is 0.850. The zero-order valence-corrected chi connectivity index (χ0v) is 16.0. The Bertz CT molecular complexity index is 741. The molecule has 1 aliphatic heterocycles. The Hall–Kier alpha value is -2.89. The first kappa shape index (κ1) is 18.9. The second-order valence-corrected chi connectivity index (χ2v) is 6.38. The van der Waals surface area contributed by atoms with Gasteiger partial charge in [0, 0.05) is 32.7 Å². The third-order valence-corrected chi connectivity index (χ3v) is 4.67. The molecule has 144 valence electrons. The molecule has 0 unspecified atom stereocenters.